The number of likely N-dealkylation sites (tertiary alicyclic amines) is 3. The van der Waals surface area contributed by atoms with E-state index in [1.165, 1.54) is 31.4 Å². The number of amides is 1. The average Bonchev–Trinajstić information content (AvgIpc) is 2.77. The lowest BCUT2D eigenvalue weighted by Crippen LogP contribution is -2.53. The summed E-state index contributed by atoms with van der Waals surface area (Å²) < 4.78 is 2.12. The summed E-state index contributed by atoms with van der Waals surface area (Å²) in [6.45, 7) is 9.57. The molecule has 5 rings (SSSR count). The molecule has 1 aromatic rings. The van der Waals surface area contributed by atoms with Crippen LogP contribution in [0.3, 0.4) is 0 Å². The van der Waals surface area contributed by atoms with E-state index in [4.69, 9.17) is 0 Å². The van der Waals surface area contributed by atoms with Crippen molar-refractivity contribution in [3.63, 3.8) is 0 Å². The highest BCUT2D eigenvalue weighted by atomic mass is 16.2. The van der Waals surface area contributed by atoms with Gasteiger partial charge in [0.2, 0.25) is 5.91 Å². The number of nitrogens with zero attached hydrogens (tertiary/aromatic N) is 4. The standard InChI is InChI=1S/C24H36N4O2/c1-18(29)26-11-7-22(8-12-26)27-14-19-13-21(17-27)23-6-5-20(24(30)28(23)15-19)16-25-9-3-2-4-10-25/h5-6,19,21-22H,2-4,7-17H2,1H3/t19-,21+/m0/s1. The third-order valence-corrected chi connectivity index (χ3v) is 7.98. The third kappa shape index (κ3) is 3.96. The smallest absolute Gasteiger partial charge is 0.255 e. The Labute approximate surface area is 179 Å². The number of pyridine rings is 1. The summed E-state index contributed by atoms with van der Waals surface area (Å²) >= 11 is 0. The maximum atomic E-state index is 13.3. The van der Waals surface area contributed by atoms with Crippen molar-refractivity contribution in [3.8, 4) is 0 Å². The highest BCUT2D eigenvalue weighted by Crippen LogP contribution is 2.37. The second-order valence-electron chi connectivity index (χ2n) is 10.0. The van der Waals surface area contributed by atoms with E-state index in [1.54, 1.807) is 6.92 Å². The topological polar surface area (TPSA) is 48.8 Å². The summed E-state index contributed by atoms with van der Waals surface area (Å²) in [7, 11) is 0. The summed E-state index contributed by atoms with van der Waals surface area (Å²) in [5.74, 6) is 1.25. The van der Waals surface area contributed by atoms with Gasteiger partial charge in [0, 0.05) is 69.4 Å². The van der Waals surface area contributed by atoms with Gasteiger partial charge >= 0.3 is 0 Å². The van der Waals surface area contributed by atoms with Crippen molar-refractivity contribution in [2.45, 2.75) is 70.5 Å². The zero-order valence-electron chi connectivity index (χ0n) is 18.4. The van der Waals surface area contributed by atoms with Crippen molar-refractivity contribution in [2.24, 2.45) is 5.92 Å². The molecule has 0 saturated carbocycles. The molecule has 164 valence electrons. The SMILES string of the molecule is CC(=O)N1CCC(N2C[C@@H]3C[C@H](C2)c2ccc(CN4CCCCC4)c(=O)n2C3)CC1. The predicted octanol–water partition coefficient (Wildman–Crippen LogP) is 2.26. The first-order valence-corrected chi connectivity index (χ1v) is 12.0. The first kappa shape index (κ1) is 20.3. The van der Waals surface area contributed by atoms with Crippen LogP contribution in [0.25, 0.3) is 0 Å². The molecule has 1 aromatic heterocycles. The molecule has 3 fully saturated rings. The monoisotopic (exact) mass is 412 g/mol. The highest BCUT2D eigenvalue weighted by molar-refractivity contribution is 5.73. The fraction of sp³-hybridized carbons (Fsp3) is 0.750. The van der Waals surface area contributed by atoms with Crippen LogP contribution in [-0.4, -0.2) is 70.5 Å². The normalized spacial score (nSPS) is 28.4. The van der Waals surface area contributed by atoms with Crippen molar-refractivity contribution in [1.82, 2.24) is 19.3 Å². The second-order valence-corrected chi connectivity index (χ2v) is 10.0. The molecule has 0 unspecified atom stereocenters. The largest absolute Gasteiger partial charge is 0.343 e. The van der Waals surface area contributed by atoms with Crippen LogP contribution in [0.4, 0.5) is 0 Å². The molecule has 4 aliphatic rings. The maximum Gasteiger partial charge on any atom is 0.255 e. The van der Waals surface area contributed by atoms with Gasteiger partial charge in [0.05, 0.1) is 0 Å². The van der Waals surface area contributed by atoms with Gasteiger partial charge in [-0.2, -0.15) is 0 Å². The molecular formula is C24H36N4O2. The summed E-state index contributed by atoms with van der Waals surface area (Å²) in [5, 5.41) is 0. The van der Waals surface area contributed by atoms with Gasteiger partial charge in [0.25, 0.3) is 5.56 Å². The molecule has 2 bridgehead atoms. The van der Waals surface area contributed by atoms with Gasteiger partial charge in [-0.3, -0.25) is 19.4 Å². The molecule has 0 aromatic carbocycles. The molecule has 6 heteroatoms. The van der Waals surface area contributed by atoms with Gasteiger partial charge < -0.3 is 9.47 Å². The van der Waals surface area contributed by atoms with Gasteiger partial charge in [-0.25, -0.2) is 0 Å². The molecular weight excluding hydrogens is 376 g/mol. The van der Waals surface area contributed by atoms with Crippen LogP contribution >= 0.6 is 0 Å². The van der Waals surface area contributed by atoms with E-state index in [2.05, 4.69) is 26.5 Å². The molecule has 0 spiro atoms. The summed E-state index contributed by atoms with van der Waals surface area (Å²) in [6.07, 6.45) is 7.23. The number of hydrogen-bond acceptors (Lipinski definition) is 4. The van der Waals surface area contributed by atoms with E-state index in [-0.39, 0.29) is 11.5 Å². The number of rotatable bonds is 3. The summed E-state index contributed by atoms with van der Waals surface area (Å²) in [4.78, 5) is 32.0. The Morgan fingerprint density at radius 1 is 1.00 bits per heavy atom. The quantitative estimate of drug-likeness (QED) is 0.764. The predicted molar refractivity (Wildman–Crippen MR) is 118 cm³/mol. The van der Waals surface area contributed by atoms with Crippen molar-refractivity contribution in [1.29, 1.82) is 0 Å². The van der Waals surface area contributed by atoms with Gasteiger partial charge in [-0.15, -0.1) is 0 Å². The zero-order chi connectivity index (χ0) is 20.7. The molecule has 0 radical (unpaired) electrons. The Balaban J connectivity index is 1.29. The number of hydrogen-bond donors (Lipinski definition) is 0. The summed E-state index contributed by atoms with van der Waals surface area (Å²) in [5.41, 5.74) is 2.49. The van der Waals surface area contributed by atoms with Crippen LogP contribution in [0, 0.1) is 5.92 Å². The Hall–Kier alpha value is -1.66. The minimum atomic E-state index is 0.206. The second kappa shape index (κ2) is 8.46. The van der Waals surface area contributed by atoms with E-state index < -0.39 is 0 Å². The van der Waals surface area contributed by atoms with Crippen LogP contribution in [0.5, 0.6) is 0 Å². The van der Waals surface area contributed by atoms with E-state index >= 15 is 0 Å². The molecule has 4 aliphatic heterocycles. The Bertz CT molecular complexity index is 836. The lowest BCUT2D eigenvalue weighted by Gasteiger charge is -2.47. The van der Waals surface area contributed by atoms with Crippen molar-refractivity contribution in [3.05, 3.63) is 33.7 Å². The van der Waals surface area contributed by atoms with Crippen LogP contribution < -0.4 is 5.56 Å². The van der Waals surface area contributed by atoms with Gasteiger partial charge in [0.1, 0.15) is 0 Å². The molecule has 2 atom stereocenters. The van der Waals surface area contributed by atoms with E-state index in [0.29, 0.717) is 17.9 Å². The number of carbonyl (C=O) groups is 1. The first-order chi connectivity index (χ1) is 14.6. The van der Waals surface area contributed by atoms with Crippen molar-refractivity contribution < 1.29 is 4.79 Å². The molecule has 1 amide bonds. The lowest BCUT2D eigenvalue weighted by molar-refractivity contribution is -0.130. The maximum absolute atomic E-state index is 13.3. The Morgan fingerprint density at radius 2 is 1.77 bits per heavy atom. The number of aromatic nitrogens is 1. The number of fused-ring (bicyclic) bond motifs is 4. The van der Waals surface area contributed by atoms with Crippen LogP contribution in [0.1, 0.15) is 62.6 Å². The fourth-order valence-electron chi connectivity index (χ4n) is 6.35. The van der Waals surface area contributed by atoms with Crippen LogP contribution in [0.2, 0.25) is 0 Å². The van der Waals surface area contributed by atoms with Gasteiger partial charge in [-0.05, 0) is 57.2 Å². The van der Waals surface area contributed by atoms with E-state index in [1.807, 2.05) is 4.90 Å². The first-order valence-electron chi connectivity index (χ1n) is 12.0. The van der Waals surface area contributed by atoms with E-state index in [0.717, 1.165) is 70.8 Å². The molecule has 30 heavy (non-hydrogen) atoms. The molecule has 5 heterocycles. The minimum absolute atomic E-state index is 0.206. The minimum Gasteiger partial charge on any atom is -0.343 e. The average molecular weight is 413 g/mol. The van der Waals surface area contributed by atoms with Crippen LogP contribution in [0.15, 0.2) is 16.9 Å². The fourth-order valence-corrected chi connectivity index (χ4v) is 6.35. The van der Waals surface area contributed by atoms with Crippen molar-refractivity contribution >= 4 is 5.91 Å². The molecule has 3 saturated heterocycles. The molecule has 6 nitrogen and oxygen atoms in total. The zero-order valence-corrected chi connectivity index (χ0v) is 18.4. The van der Waals surface area contributed by atoms with Gasteiger partial charge in [0.15, 0.2) is 0 Å². The number of piperidine rings is 3. The van der Waals surface area contributed by atoms with Crippen LogP contribution in [-0.2, 0) is 17.9 Å². The Kier molecular flexibility index (Phi) is 5.71. The third-order valence-electron chi connectivity index (χ3n) is 7.98. The lowest BCUT2D eigenvalue weighted by atomic mass is 9.81. The Morgan fingerprint density at radius 3 is 2.50 bits per heavy atom. The van der Waals surface area contributed by atoms with Crippen molar-refractivity contribution in [2.75, 3.05) is 39.3 Å². The van der Waals surface area contributed by atoms with Gasteiger partial charge in [-0.1, -0.05) is 12.5 Å². The van der Waals surface area contributed by atoms with E-state index in [9.17, 15) is 9.59 Å². The molecule has 0 aliphatic carbocycles. The summed E-state index contributed by atoms with van der Waals surface area (Å²) in [6, 6.07) is 4.96. The highest BCUT2D eigenvalue weighted by Gasteiger charge is 2.38. The number of carbonyl (C=O) groups excluding carboxylic acids is 1. The molecule has 0 N–H and O–H groups in total.